The van der Waals surface area contributed by atoms with Gasteiger partial charge in [0.25, 0.3) is 7.82 Å². The molecule has 0 saturated carbocycles. The summed E-state index contributed by atoms with van der Waals surface area (Å²) in [6, 6.07) is 0. The smallest absolute Gasteiger partial charge is 0.306 e. The van der Waals surface area contributed by atoms with E-state index in [0.29, 0.717) is 24.1 Å². The molecule has 0 heterocycles. The largest absolute Gasteiger partial charge is 0.756 e. The number of quaternary nitrogens is 1. The molecule has 0 saturated heterocycles. The molecular formula is C54H98NO7P. The molecule has 0 aromatic heterocycles. The lowest BCUT2D eigenvalue weighted by molar-refractivity contribution is -0.870. The Morgan fingerprint density at radius 3 is 1.38 bits per heavy atom. The van der Waals surface area contributed by atoms with Crippen molar-refractivity contribution in [2.75, 3.05) is 54.1 Å². The van der Waals surface area contributed by atoms with E-state index in [0.717, 1.165) is 83.5 Å². The number of phosphoric acid groups is 1. The van der Waals surface area contributed by atoms with Crippen molar-refractivity contribution < 1.29 is 37.3 Å². The molecule has 0 aliphatic carbocycles. The average molecular weight is 904 g/mol. The van der Waals surface area contributed by atoms with E-state index in [1.165, 1.54) is 103 Å². The van der Waals surface area contributed by atoms with E-state index in [9.17, 15) is 14.3 Å². The van der Waals surface area contributed by atoms with Crippen molar-refractivity contribution in [3.8, 4) is 0 Å². The first-order chi connectivity index (χ1) is 30.6. The van der Waals surface area contributed by atoms with Crippen LogP contribution in [-0.4, -0.2) is 70.7 Å². The minimum atomic E-state index is -4.54. The van der Waals surface area contributed by atoms with Crippen molar-refractivity contribution in [1.29, 1.82) is 0 Å². The summed E-state index contributed by atoms with van der Waals surface area (Å²) in [7, 11) is 1.34. The molecule has 0 bridgehead atoms. The Labute approximate surface area is 389 Å². The van der Waals surface area contributed by atoms with E-state index in [2.05, 4.69) is 86.8 Å². The predicted molar refractivity (Wildman–Crippen MR) is 268 cm³/mol. The van der Waals surface area contributed by atoms with Gasteiger partial charge in [0.05, 0.1) is 34.4 Å². The monoisotopic (exact) mass is 904 g/mol. The second kappa shape index (κ2) is 46.5. The van der Waals surface area contributed by atoms with Gasteiger partial charge >= 0.3 is 5.97 Å². The van der Waals surface area contributed by atoms with Crippen LogP contribution in [0.4, 0.5) is 0 Å². The molecule has 0 amide bonds. The second-order valence-corrected chi connectivity index (χ2v) is 19.6. The molecular weight excluding hydrogens is 806 g/mol. The standard InChI is InChI=1S/C54H98NO7P/c1-6-8-10-12-14-16-18-20-22-24-25-26-27-28-29-30-32-34-36-38-40-42-44-46-49-59-51-53(52-61-63(57,58)60-50-48-55(3,4)5)62-54(56)47-45-43-41-39-37-35-33-31-23-21-19-17-15-13-11-9-7-2/h8,10,14,16,20,22,25-26,28-29,32,34,53H,6-7,9,11-13,15,17-19,21,23-24,27,30-31,33,35-52H2,1-5H3/b10-8-,16-14-,22-20-,26-25-,29-28-,34-32-. The van der Waals surface area contributed by atoms with Crippen LogP contribution in [0, 0.1) is 0 Å². The van der Waals surface area contributed by atoms with Gasteiger partial charge in [-0.2, -0.15) is 0 Å². The molecule has 8 nitrogen and oxygen atoms in total. The second-order valence-electron chi connectivity index (χ2n) is 18.2. The van der Waals surface area contributed by atoms with Crippen molar-refractivity contribution in [2.45, 2.75) is 213 Å². The number of allylic oxidation sites excluding steroid dienone is 12. The van der Waals surface area contributed by atoms with E-state index in [1.807, 2.05) is 21.1 Å². The number of likely N-dealkylation sites (N-methyl/N-ethyl adjacent to an activating group) is 1. The molecule has 0 N–H and O–H groups in total. The molecule has 2 atom stereocenters. The molecule has 0 fully saturated rings. The third kappa shape index (κ3) is 50.8. The lowest BCUT2D eigenvalue weighted by atomic mass is 10.0. The van der Waals surface area contributed by atoms with Crippen molar-refractivity contribution in [3.63, 3.8) is 0 Å². The zero-order valence-corrected chi connectivity index (χ0v) is 42.4. The van der Waals surface area contributed by atoms with Crippen LogP contribution in [0.3, 0.4) is 0 Å². The number of carbonyl (C=O) groups excluding carboxylic acids is 1. The number of nitrogens with zero attached hydrogens (tertiary/aromatic N) is 1. The first-order valence-electron chi connectivity index (χ1n) is 25.7. The predicted octanol–water partition coefficient (Wildman–Crippen LogP) is 15.2. The van der Waals surface area contributed by atoms with Crippen LogP contribution < -0.4 is 4.89 Å². The van der Waals surface area contributed by atoms with Crippen LogP contribution in [0.25, 0.3) is 0 Å². The summed E-state index contributed by atoms with van der Waals surface area (Å²) in [5, 5.41) is 0. The van der Waals surface area contributed by atoms with Gasteiger partial charge in [0.1, 0.15) is 19.3 Å². The summed E-state index contributed by atoms with van der Waals surface area (Å²) in [6.45, 7) is 5.26. The molecule has 63 heavy (non-hydrogen) atoms. The first-order valence-corrected chi connectivity index (χ1v) is 27.1. The first kappa shape index (κ1) is 60.9. The van der Waals surface area contributed by atoms with Crippen LogP contribution in [0.5, 0.6) is 0 Å². The summed E-state index contributed by atoms with van der Waals surface area (Å²) >= 11 is 0. The topological polar surface area (TPSA) is 94.1 Å². The molecule has 0 radical (unpaired) electrons. The third-order valence-electron chi connectivity index (χ3n) is 10.8. The van der Waals surface area contributed by atoms with Crippen LogP contribution in [0.15, 0.2) is 72.9 Å². The summed E-state index contributed by atoms with van der Waals surface area (Å²) in [6.07, 6.45) is 60.7. The van der Waals surface area contributed by atoms with E-state index < -0.39 is 13.9 Å². The lowest BCUT2D eigenvalue weighted by Crippen LogP contribution is -2.37. The third-order valence-corrected chi connectivity index (χ3v) is 11.7. The Hall–Kier alpha value is -2.06. The molecule has 0 aromatic rings. The van der Waals surface area contributed by atoms with E-state index in [4.69, 9.17) is 18.5 Å². The summed E-state index contributed by atoms with van der Waals surface area (Å²) in [4.78, 5) is 25.2. The maximum atomic E-state index is 12.7. The van der Waals surface area contributed by atoms with Gasteiger partial charge in [0.15, 0.2) is 0 Å². The summed E-state index contributed by atoms with van der Waals surface area (Å²) in [5.74, 6) is -0.341. The highest BCUT2D eigenvalue weighted by molar-refractivity contribution is 7.45. The van der Waals surface area contributed by atoms with E-state index in [1.54, 1.807) is 0 Å². The lowest BCUT2D eigenvalue weighted by Gasteiger charge is -2.28. The number of hydrogen-bond donors (Lipinski definition) is 0. The Kier molecular flexibility index (Phi) is 44.9. The molecule has 366 valence electrons. The molecule has 0 aliphatic heterocycles. The molecule has 0 spiro atoms. The number of esters is 1. The van der Waals surface area contributed by atoms with E-state index >= 15 is 0 Å². The Morgan fingerprint density at radius 1 is 0.508 bits per heavy atom. The fraction of sp³-hybridized carbons (Fsp3) is 0.759. The molecule has 2 unspecified atom stereocenters. The summed E-state index contributed by atoms with van der Waals surface area (Å²) < 4.78 is 34.7. The normalized spacial score (nSPS) is 14.2. The Bertz CT molecular complexity index is 1230. The number of unbranched alkanes of at least 4 members (excludes halogenated alkanes) is 21. The fourth-order valence-electron chi connectivity index (χ4n) is 6.84. The average Bonchev–Trinajstić information content (AvgIpc) is 3.24. The van der Waals surface area contributed by atoms with Crippen LogP contribution >= 0.6 is 7.82 Å². The van der Waals surface area contributed by atoms with Crippen molar-refractivity contribution in [2.24, 2.45) is 0 Å². The zero-order chi connectivity index (χ0) is 46.2. The highest BCUT2D eigenvalue weighted by atomic mass is 31.2. The van der Waals surface area contributed by atoms with Gasteiger partial charge in [0, 0.05) is 13.0 Å². The van der Waals surface area contributed by atoms with Gasteiger partial charge in [-0.15, -0.1) is 0 Å². The molecule has 0 rings (SSSR count). The maximum Gasteiger partial charge on any atom is 0.306 e. The summed E-state index contributed by atoms with van der Waals surface area (Å²) in [5.41, 5.74) is 0. The maximum absolute atomic E-state index is 12.7. The van der Waals surface area contributed by atoms with Crippen molar-refractivity contribution >= 4 is 13.8 Å². The Balaban J connectivity index is 4.20. The van der Waals surface area contributed by atoms with Gasteiger partial charge < -0.3 is 27.9 Å². The van der Waals surface area contributed by atoms with Crippen LogP contribution in [0.1, 0.15) is 206 Å². The van der Waals surface area contributed by atoms with Gasteiger partial charge in [0.2, 0.25) is 0 Å². The highest BCUT2D eigenvalue weighted by Crippen LogP contribution is 2.38. The van der Waals surface area contributed by atoms with Gasteiger partial charge in [-0.3, -0.25) is 9.36 Å². The van der Waals surface area contributed by atoms with E-state index in [-0.39, 0.29) is 25.8 Å². The van der Waals surface area contributed by atoms with Crippen molar-refractivity contribution in [3.05, 3.63) is 72.9 Å². The number of phosphoric ester groups is 1. The van der Waals surface area contributed by atoms with Gasteiger partial charge in [-0.1, -0.05) is 209 Å². The van der Waals surface area contributed by atoms with Crippen LogP contribution in [0.2, 0.25) is 0 Å². The molecule has 0 aromatic carbocycles. The Morgan fingerprint density at radius 2 is 0.921 bits per heavy atom. The molecule has 0 aliphatic rings. The zero-order valence-electron chi connectivity index (χ0n) is 41.5. The number of hydrogen-bond acceptors (Lipinski definition) is 7. The van der Waals surface area contributed by atoms with Gasteiger partial charge in [-0.05, 0) is 64.2 Å². The van der Waals surface area contributed by atoms with Crippen molar-refractivity contribution in [1.82, 2.24) is 0 Å². The SMILES string of the molecule is CC/C=C\C/C=C\C/C=C\C/C=C\C/C=C\C/C=C\CCCCCCCOCC(COP(=O)([O-])OCC[N+](C)(C)C)OC(=O)CCCCCCCCCCCCCCCCCCC. The quantitative estimate of drug-likeness (QED) is 0.0197. The fourth-order valence-corrected chi connectivity index (χ4v) is 7.57. The van der Waals surface area contributed by atoms with Crippen LogP contribution in [-0.2, 0) is 27.9 Å². The number of rotatable bonds is 47. The van der Waals surface area contributed by atoms with Gasteiger partial charge in [-0.25, -0.2) is 0 Å². The number of ether oxygens (including phenoxy) is 2. The minimum absolute atomic E-state index is 0.0198. The minimum Gasteiger partial charge on any atom is -0.756 e. The molecule has 9 heteroatoms. The number of carbonyl (C=O) groups is 1. The highest BCUT2D eigenvalue weighted by Gasteiger charge is 2.20.